The van der Waals surface area contributed by atoms with Gasteiger partial charge in [0.25, 0.3) is 0 Å². The van der Waals surface area contributed by atoms with Crippen LogP contribution in [-0.2, 0) is 46.7 Å². The normalized spacial score (nSPS) is 10.2. The van der Waals surface area contributed by atoms with E-state index in [4.69, 9.17) is 0 Å². The van der Waals surface area contributed by atoms with Gasteiger partial charge in [-0.1, -0.05) is 216 Å². The van der Waals surface area contributed by atoms with Gasteiger partial charge in [-0.2, -0.15) is 0 Å². The minimum absolute atomic E-state index is 0. The first-order valence-electron chi connectivity index (χ1n) is 29.7. The Hall–Kier alpha value is -8.14. The second-order valence-electron chi connectivity index (χ2n) is 21.2. The van der Waals surface area contributed by atoms with Crippen LogP contribution in [0.5, 0.6) is 0 Å². The molecule has 16 rings (SSSR count). The average molecular weight is 1380 g/mol. The molecule has 0 aromatic heterocycles. The summed E-state index contributed by atoms with van der Waals surface area (Å²) >= 11 is 3.29. The van der Waals surface area contributed by atoms with Crippen LogP contribution in [0.25, 0.3) is 87.6 Å². The molecule has 0 atom stereocenters. The number of hydrogen-bond donors (Lipinski definition) is 0. The second-order valence-corrected chi connectivity index (χ2v) is 32.4. The van der Waals surface area contributed by atoms with E-state index in [2.05, 4.69) is 364 Å². The predicted octanol–water partition coefficient (Wildman–Crippen LogP) is 13.6. The molecule has 0 N–H and O–H groups in total. The SMILES string of the molecule is [Cl-].[Cl-].[Zr+2]=[Si](c1ccccc1)c1ccccc1.[Zr+2]=[Si](c1ccccc1)c1ccccc1.c1ccc(-c2cc3ccccc3[cH-]2)cc1.c1ccc(-c2cc3ccccc3[cH-]2)cc1.c1ccc(-c2cc3ccccc3[cH-]2)cc1.c1ccc(-c2cc3ccccc3[cH-]2)cc1. The van der Waals surface area contributed by atoms with E-state index in [1.807, 2.05) is 24.3 Å². The average Bonchev–Trinajstić information content (AvgIpc) is 3.26. The number of fused-ring (bicyclic) bond motifs is 4. The Bertz CT molecular complexity index is 4000. The first-order valence-corrected chi connectivity index (χ1v) is 40.1. The molecule has 16 aromatic carbocycles. The van der Waals surface area contributed by atoms with Gasteiger partial charge >= 0.3 is 200 Å². The van der Waals surface area contributed by atoms with Gasteiger partial charge < -0.3 is 24.8 Å². The summed E-state index contributed by atoms with van der Waals surface area (Å²) in [6, 6.07) is 137. The fourth-order valence-electron chi connectivity index (χ4n) is 10.5. The van der Waals surface area contributed by atoms with Crippen molar-refractivity contribution < 1.29 is 71.5 Å². The van der Waals surface area contributed by atoms with Crippen LogP contribution >= 0.6 is 0 Å². The molecule has 0 aliphatic carbocycles. The van der Waals surface area contributed by atoms with Crippen LogP contribution in [0.4, 0.5) is 0 Å². The van der Waals surface area contributed by atoms with E-state index < -0.39 is 10.9 Å². The van der Waals surface area contributed by atoms with E-state index in [-0.39, 0.29) is 24.8 Å². The third-order valence-corrected chi connectivity index (χ3v) is 27.3. The molecule has 0 nitrogen and oxygen atoms in total. The van der Waals surface area contributed by atoms with Crippen molar-refractivity contribution in [2.75, 3.05) is 0 Å². The predicted molar refractivity (Wildman–Crippen MR) is 376 cm³/mol. The van der Waals surface area contributed by atoms with Gasteiger partial charge in [0.15, 0.2) is 0 Å². The molecule has 0 spiro atoms. The number of halogens is 2. The second kappa shape index (κ2) is 34.7. The molecule has 90 heavy (non-hydrogen) atoms. The molecule has 0 radical (unpaired) electrons. The minimum Gasteiger partial charge on any atom is -0.145 e. The Morgan fingerprint density at radius 2 is 0.344 bits per heavy atom. The van der Waals surface area contributed by atoms with E-state index in [0.717, 1.165) is 0 Å². The van der Waals surface area contributed by atoms with Crippen LogP contribution in [0.3, 0.4) is 0 Å². The first-order chi connectivity index (χ1) is 43.5. The molecule has 432 valence electrons. The zero-order valence-electron chi connectivity index (χ0n) is 49.7. The third kappa shape index (κ3) is 18.5. The van der Waals surface area contributed by atoms with Crippen LogP contribution in [-0.4, -0.2) is 10.9 Å². The van der Waals surface area contributed by atoms with Crippen molar-refractivity contribution >= 4 is 74.7 Å². The Balaban J connectivity index is 0.000000128. The maximum absolute atomic E-state index is 2.25. The Labute approximate surface area is 573 Å². The molecule has 6 heteroatoms. The van der Waals surface area contributed by atoms with E-state index in [9.17, 15) is 0 Å². The number of rotatable bonds is 8. The van der Waals surface area contributed by atoms with E-state index in [0.29, 0.717) is 0 Å². The van der Waals surface area contributed by atoms with Gasteiger partial charge in [0, 0.05) is 0 Å². The van der Waals surface area contributed by atoms with Gasteiger partial charge in [-0.3, -0.25) is 0 Å². The summed E-state index contributed by atoms with van der Waals surface area (Å²) < 4.78 is 0. The van der Waals surface area contributed by atoms with Crippen molar-refractivity contribution in [3.8, 4) is 44.5 Å². The number of benzene rings is 12. The smallest absolute Gasteiger partial charge is 0.0635 e. The van der Waals surface area contributed by atoms with Crippen LogP contribution in [0, 0.1) is 0 Å². The van der Waals surface area contributed by atoms with Crippen LogP contribution in [0.2, 0.25) is 0 Å². The zero-order valence-corrected chi connectivity index (χ0v) is 58.1. The molecule has 0 saturated heterocycles. The van der Waals surface area contributed by atoms with Crippen molar-refractivity contribution in [3.05, 3.63) is 388 Å². The monoisotopic (exact) mass is 1380 g/mol. The van der Waals surface area contributed by atoms with Gasteiger partial charge in [0.1, 0.15) is 0 Å². The van der Waals surface area contributed by atoms with Gasteiger partial charge in [-0.15, -0.1) is 138 Å². The molecule has 16 aromatic rings. The van der Waals surface area contributed by atoms with E-state index >= 15 is 0 Å². The van der Waals surface area contributed by atoms with Crippen LogP contribution in [0.1, 0.15) is 0 Å². The third-order valence-electron chi connectivity index (χ3n) is 15.2. The fraction of sp³-hybridized carbons (Fsp3) is 0. The summed E-state index contributed by atoms with van der Waals surface area (Å²) in [6.07, 6.45) is 0. The molecule has 0 heterocycles. The maximum atomic E-state index is 2.25. The quantitative estimate of drug-likeness (QED) is 0.105. The molecule has 0 unspecified atom stereocenters. The van der Waals surface area contributed by atoms with Crippen LogP contribution in [0.15, 0.2) is 388 Å². The Kier molecular flexibility index (Phi) is 25.6. The molecule has 0 fully saturated rings. The van der Waals surface area contributed by atoms with E-state index in [1.54, 1.807) is 46.7 Å². The molecule has 0 aliphatic rings. The van der Waals surface area contributed by atoms with Crippen molar-refractivity contribution in [1.29, 1.82) is 0 Å². The Morgan fingerprint density at radius 1 is 0.189 bits per heavy atom. The van der Waals surface area contributed by atoms with Crippen molar-refractivity contribution in [1.82, 2.24) is 0 Å². The molecular weight excluding hydrogens is 1320 g/mol. The van der Waals surface area contributed by atoms with Crippen LogP contribution < -0.4 is 45.6 Å². The fourth-order valence-corrected chi connectivity index (χ4v) is 18.2. The molecular formula is C84H64Cl2Si2Zr2-2. The maximum Gasteiger partial charge on any atom is -0.0635 e. The van der Waals surface area contributed by atoms with Gasteiger partial charge in [-0.25, -0.2) is 0 Å². The zero-order chi connectivity index (χ0) is 60.0. The summed E-state index contributed by atoms with van der Waals surface area (Å²) in [6.45, 7) is 0. The standard InChI is InChI=1S/4C15H11.2C12H10Si.2ClH.2Zr/c4*1-2-6-12(7-3-1)15-10-13-8-4-5-9-14(13)11-15;2*1-3-7-11(8-4-1)13-12-9-5-2-6-10-12;;;;/h4*1-11H;2*1-10H;2*1H;;/q4*-1;;;;;2*+2/p-2. The molecule has 0 aliphatic heterocycles. The molecule has 0 saturated carbocycles. The van der Waals surface area contributed by atoms with Crippen molar-refractivity contribution in [3.63, 3.8) is 0 Å². The summed E-state index contributed by atoms with van der Waals surface area (Å²) in [5.41, 5.74) is 9.44. The summed E-state index contributed by atoms with van der Waals surface area (Å²) in [5.74, 6) is 0. The number of hydrogen-bond acceptors (Lipinski definition) is 0. The van der Waals surface area contributed by atoms with Crippen molar-refractivity contribution in [2.24, 2.45) is 0 Å². The van der Waals surface area contributed by atoms with Gasteiger partial charge in [0.2, 0.25) is 0 Å². The molecule has 0 amide bonds. The van der Waals surface area contributed by atoms with E-state index in [1.165, 1.54) is 108 Å². The van der Waals surface area contributed by atoms with Gasteiger partial charge in [-0.05, 0) is 0 Å². The van der Waals surface area contributed by atoms with Crippen molar-refractivity contribution in [2.45, 2.75) is 0 Å². The summed E-state index contributed by atoms with van der Waals surface area (Å²) in [4.78, 5) is 0. The minimum atomic E-state index is -0.455. The van der Waals surface area contributed by atoms with Gasteiger partial charge in [0.05, 0.1) is 0 Å². The summed E-state index contributed by atoms with van der Waals surface area (Å²) in [7, 11) is 0. The largest absolute Gasteiger partial charge is 0.145 e. The summed E-state index contributed by atoms with van der Waals surface area (Å²) in [5, 5.41) is 16.6. The Morgan fingerprint density at radius 3 is 0.522 bits per heavy atom. The topological polar surface area (TPSA) is 0 Å². The molecule has 0 bridgehead atoms. The first kappa shape index (κ1) is 66.3.